The number of nitrogens with zero attached hydrogens (tertiary/aromatic N) is 7. The van der Waals surface area contributed by atoms with E-state index in [0.717, 1.165) is 42.4 Å². The van der Waals surface area contributed by atoms with Crippen molar-refractivity contribution in [1.82, 2.24) is 24.4 Å². The van der Waals surface area contributed by atoms with Crippen molar-refractivity contribution in [2.75, 3.05) is 44.4 Å². The van der Waals surface area contributed by atoms with Crippen molar-refractivity contribution in [3.8, 4) is 22.7 Å². The van der Waals surface area contributed by atoms with E-state index in [1.165, 1.54) is 17.3 Å². The molecular formula is C31H36N8O3. The van der Waals surface area contributed by atoms with Crippen LogP contribution < -0.4 is 10.2 Å². The number of anilines is 3. The van der Waals surface area contributed by atoms with Gasteiger partial charge in [0, 0.05) is 56.1 Å². The Morgan fingerprint density at radius 3 is 2.71 bits per heavy atom. The van der Waals surface area contributed by atoms with E-state index >= 15 is 0 Å². The number of rotatable bonds is 9. The number of hydrogen-bond donors (Lipinski definition) is 1. The molecule has 0 amide bonds. The van der Waals surface area contributed by atoms with Crippen LogP contribution in [0.5, 0.6) is 0 Å². The fraction of sp³-hybridized carbons (Fsp3) is 0.323. The van der Waals surface area contributed by atoms with Crippen LogP contribution in [0.4, 0.5) is 23.0 Å². The van der Waals surface area contributed by atoms with Gasteiger partial charge in [0.15, 0.2) is 0 Å². The summed E-state index contributed by atoms with van der Waals surface area (Å²) >= 11 is 0. The van der Waals surface area contributed by atoms with Crippen molar-refractivity contribution in [2.24, 2.45) is 0 Å². The van der Waals surface area contributed by atoms with Gasteiger partial charge in [0.1, 0.15) is 12.0 Å². The molecule has 6 rings (SSSR count). The summed E-state index contributed by atoms with van der Waals surface area (Å²) in [6, 6.07) is 9.78. The number of nitro groups is 1. The first kappa shape index (κ1) is 28.7. The molecule has 0 spiro atoms. The number of nitro benzene ring substituents is 1. The minimum Gasteiger partial charge on any atom is -0.444 e. The van der Waals surface area contributed by atoms with Gasteiger partial charge in [-0.3, -0.25) is 10.1 Å². The summed E-state index contributed by atoms with van der Waals surface area (Å²) < 4.78 is 7.94. The molecule has 0 fully saturated rings. The summed E-state index contributed by atoms with van der Waals surface area (Å²) in [5.41, 5.74) is 6.85. The van der Waals surface area contributed by atoms with Gasteiger partial charge in [-0.05, 0) is 51.1 Å². The number of hydrogen-bond acceptors (Lipinski definition) is 9. The number of benzene rings is 2. The molecule has 0 saturated carbocycles. The average Bonchev–Trinajstić information content (AvgIpc) is 3.62. The van der Waals surface area contributed by atoms with E-state index in [0.29, 0.717) is 41.0 Å². The lowest BCUT2D eigenvalue weighted by Crippen LogP contribution is -2.29. The van der Waals surface area contributed by atoms with Crippen LogP contribution in [0, 0.1) is 17.0 Å². The second kappa shape index (κ2) is 11.6. The minimum atomic E-state index is -0.349. The normalized spacial score (nSPS) is 12.4. The first-order valence-electron chi connectivity index (χ1n) is 13.6. The summed E-state index contributed by atoms with van der Waals surface area (Å²) in [5.74, 6) is 0.753. The van der Waals surface area contributed by atoms with Crippen LogP contribution in [-0.4, -0.2) is 63.6 Å². The number of aryl methyl sites for hydroxylation is 3. The molecule has 1 aliphatic rings. The lowest BCUT2D eigenvalue weighted by Gasteiger charge is -2.22. The van der Waals surface area contributed by atoms with Crippen molar-refractivity contribution in [3.05, 3.63) is 76.4 Å². The third-order valence-corrected chi connectivity index (χ3v) is 7.59. The molecule has 11 nitrogen and oxygen atoms in total. The van der Waals surface area contributed by atoms with Gasteiger partial charge in [-0.15, -0.1) is 0 Å². The fourth-order valence-electron chi connectivity index (χ4n) is 5.46. The van der Waals surface area contributed by atoms with E-state index < -0.39 is 0 Å². The van der Waals surface area contributed by atoms with Gasteiger partial charge in [-0.1, -0.05) is 25.6 Å². The first-order valence-corrected chi connectivity index (χ1v) is 13.6. The van der Waals surface area contributed by atoms with Crippen LogP contribution in [0.2, 0.25) is 0 Å². The average molecular weight is 569 g/mol. The SMILES string of the molecule is C.Cc1cc(N(C)CCN(C)C)c([N+](=O)[O-])cc1Nc1ncc(-c2ncco2)c(-c2cn3c4c(cccc24)CCC3)n1. The zero-order chi connectivity index (χ0) is 28.7. The van der Waals surface area contributed by atoms with Crippen LogP contribution in [0.3, 0.4) is 0 Å². The topological polar surface area (TPSA) is 118 Å². The Balaban J connectivity index is 0.00000353. The molecule has 42 heavy (non-hydrogen) atoms. The Morgan fingerprint density at radius 2 is 1.98 bits per heavy atom. The lowest BCUT2D eigenvalue weighted by molar-refractivity contribution is -0.384. The Labute approximate surface area is 245 Å². The summed E-state index contributed by atoms with van der Waals surface area (Å²) in [4.78, 5) is 29.5. The van der Waals surface area contributed by atoms with E-state index in [9.17, 15) is 10.1 Å². The van der Waals surface area contributed by atoms with Crippen molar-refractivity contribution < 1.29 is 9.34 Å². The molecule has 218 valence electrons. The third-order valence-electron chi connectivity index (χ3n) is 7.59. The largest absolute Gasteiger partial charge is 0.444 e. The smallest absolute Gasteiger partial charge is 0.294 e. The van der Waals surface area contributed by atoms with Crippen molar-refractivity contribution in [3.63, 3.8) is 0 Å². The molecule has 0 aliphatic carbocycles. The second-order valence-electron chi connectivity index (χ2n) is 10.7. The molecule has 0 atom stereocenters. The van der Waals surface area contributed by atoms with Crippen molar-refractivity contribution in [1.29, 1.82) is 0 Å². The number of oxazole rings is 1. The maximum atomic E-state index is 12.1. The predicted octanol–water partition coefficient (Wildman–Crippen LogP) is 6.29. The predicted molar refractivity (Wildman–Crippen MR) is 166 cm³/mol. The monoisotopic (exact) mass is 568 g/mol. The van der Waals surface area contributed by atoms with E-state index in [2.05, 4.69) is 44.2 Å². The molecule has 0 radical (unpaired) electrons. The van der Waals surface area contributed by atoms with Gasteiger partial charge in [0.25, 0.3) is 5.69 Å². The van der Waals surface area contributed by atoms with E-state index in [4.69, 9.17) is 9.40 Å². The number of para-hydroxylation sites is 1. The Hall–Kier alpha value is -4.77. The maximum absolute atomic E-state index is 12.1. The number of aromatic nitrogens is 4. The fourth-order valence-corrected chi connectivity index (χ4v) is 5.46. The molecule has 1 N–H and O–H groups in total. The van der Waals surface area contributed by atoms with Crippen LogP contribution in [0.1, 0.15) is 25.0 Å². The standard InChI is InChI=1S/C30H32N8O3.CH4/c1-19-15-25(36(4)13-12-35(2)3)26(38(39)40)16-24(19)33-30-32-17-22(29-31-10-14-41-29)27(34-30)23-18-37-11-6-8-20-7-5-9-21(23)28(20)37;/h5,7,9-10,14-18H,6,8,11-13H2,1-4H3,(H,32,33,34);1H4. The first-order chi connectivity index (χ1) is 19.8. The van der Waals surface area contributed by atoms with Crippen molar-refractivity contribution >= 4 is 33.9 Å². The number of likely N-dealkylation sites (N-methyl/N-ethyl adjacent to an activating group) is 2. The highest BCUT2D eigenvalue weighted by molar-refractivity contribution is 6.00. The van der Waals surface area contributed by atoms with E-state index in [1.807, 2.05) is 43.9 Å². The minimum absolute atomic E-state index is 0. The van der Waals surface area contributed by atoms with Crippen molar-refractivity contribution in [2.45, 2.75) is 33.7 Å². The molecule has 3 aromatic heterocycles. The molecule has 11 heteroatoms. The zero-order valence-corrected chi connectivity index (χ0v) is 23.6. The molecule has 2 aromatic carbocycles. The molecule has 0 bridgehead atoms. The Kier molecular flexibility index (Phi) is 7.95. The van der Waals surface area contributed by atoms with E-state index in [1.54, 1.807) is 18.5 Å². The molecule has 0 unspecified atom stereocenters. The van der Waals surface area contributed by atoms with Crippen LogP contribution in [0.15, 0.2) is 59.6 Å². The van der Waals surface area contributed by atoms with Gasteiger partial charge in [0.2, 0.25) is 11.8 Å². The summed E-state index contributed by atoms with van der Waals surface area (Å²) in [6.45, 7) is 4.29. The summed E-state index contributed by atoms with van der Waals surface area (Å²) in [5, 5.41) is 16.4. The van der Waals surface area contributed by atoms with Crippen LogP contribution in [0.25, 0.3) is 33.6 Å². The Bertz CT molecular complexity index is 1740. The molecule has 4 heterocycles. The quantitative estimate of drug-likeness (QED) is 0.162. The van der Waals surface area contributed by atoms with Gasteiger partial charge in [0.05, 0.1) is 33.6 Å². The Morgan fingerprint density at radius 1 is 1.14 bits per heavy atom. The van der Waals surface area contributed by atoms with Gasteiger partial charge >= 0.3 is 0 Å². The lowest BCUT2D eigenvalue weighted by atomic mass is 10.0. The molecular weight excluding hydrogens is 532 g/mol. The summed E-state index contributed by atoms with van der Waals surface area (Å²) in [7, 11) is 5.83. The maximum Gasteiger partial charge on any atom is 0.294 e. The highest BCUT2D eigenvalue weighted by Crippen LogP contribution is 2.39. The number of nitrogens with one attached hydrogen (secondary N) is 1. The second-order valence-corrected chi connectivity index (χ2v) is 10.7. The molecule has 5 aromatic rings. The van der Waals surface area contributed by atoms with Crippen LogP contribution in [-0.2, 0) is 13.0 Å². The zero-order valence-electron chi connectivity index (χ0n) is 23.6. The molecule has 1 aliphatic heterocycles. The highest BCUT2D eigenvalue weighted by atomic mass is 16.6. The van der Waals surface area contributed by atoms with Gasteiger partial charge < -0.3 is 24.1 Å². The van der Waals surface area contributed by atoms with Crippen LogP contribution >= 0.6 is 0 Å². The van der Waals surface area contributed by atoms with Gasteiger partial charge in [-0.25, -0.2) is 15.0 Å². The van der Waals surface area contributed by atoms with Gasteiger partial charge in [-0.2, -0.15) is 0 Å². The third kappa shape index (κ3) is 5.30. The molecule has 0 saturated heterocycles. The van der Waals surface area contributed by atoms with E-state index in [-0.39, 0.29) is 18.0 Å². The highest BCUT2D eigenvalue weighted by Gasteiger charge is 2.24. The summed E-state index contributed by atoms with van der Waals surface area (Å²) in [6.07, 6.45) is 9.08.